The van der Waals surface area contributed by atoms with Gasteiger partial charge >= 0.3 is 0 Å². The fourth-order valence-corrected chi connectivity index (χ4v) is 3.09. The molecule has 20 heavy (non-hydrogen) atoms. The Bertz CT molecular complexity index is 542. The van der Waals surface area contributed by atoms with Gasteiger partial charge in [0.25, 0.3) is 0 Å². The molecule has 0 radical (unpaired) electrons. The fraction of sp³-hybridized carbons (Fsp3) is 0.438. The molecule has 0 aliphatic rings. The molecule has 108 valence electrons. The maximum atomic E-state index is 4.40. The van der Waals surface area contributed by atoms with E-state index < -0.39 is 0 Å². The average Bonchev–Trinajstić information content (AvgIpc) is 2.86. The molecular formula is C16H22BrN3. The zero-order valence-corrected chi connectivity index (χ0v) is 13.9. The Kier molecular flexibility index (Phi) is 5.38. The van der Waals surface area contributed by atoms with Crippen molar-refractivity contribution in [3.8, 4) is 0 Å². The summed E-state index contributed by atoms with van der Waals surface area (Å²) in [5.74, 6) is 0. The molecule has 0 aliphatic heterocycles. The Labute approximate surface area is 129 Å². The van der Waals surface area contributed by atoms with E-state index in [1.807, 2.05) is 6.20 Å². The van der Waals surface area contributed by atoms with Gasteiger partial charge in [0.15, 0.2) is 0 Å². The second-order valence-corrected chi connectivity index (χ2v) is 5.94. The van der Waals surface area contributed by atoms with Gasteiger partial charge in [0.2, 0.25) is 0 Å². The van der Waals surface area contributed by atoms with Crippen molar-refractivity contribution in [2.45, 2.75) is 39.8 Å². The number of nitrogens with one attached hydrogen (secondary N) is 1. The summed E-state index contributed by atoms with van der Waals surface area (Å²) in [6.07, 6.45) is 2.99. The van der Waals surface area contributed by atoms with Crippen LogP contribution < -0.4 is 5.32 Å². The second-order valence-electron chi connectivity index (χ2n) is 5.02. The molecule has 2 aromatic rings. The lowest BCUT2D eigenvalue weighted by molar-refractivity contribution is 0.529. The lowest BCUT2D eigenvalue weighted by Gasteiger charge is -2.21. The number of rotatable bonds is 6. The first-order chi connectivity index (χ1) is 9.65. The van der Waals surface area contributed by atoms with Crippen LogP contribution >= 0.6 is 15.9 Å². The largest absolute Gasteiger partial charge is 0.305 e. The van der Waals surface area contributed by atoms with Crippen LogP contribution in [-0.2, 0) is 6.54 Å². The van der Waals surface area contributed by atoms with Gasteiger partial charge < -0.3 is 5.32 Å². The van der Waals surface area contributed by atoms with E-state index in [0.717, 1.165) is 24.0 Å². The summed E-state index contributed by atoms with van der Waals surface area (Å²) in [7, 11) is 0. The van der Waals surface area contributed by atoms with E-state index in [1.165, 1.54) is 16.8 Å². The van der Waals surface area contributed by atoms with Crippen LogP contribution in [0.2, 0.25) is 0 Å². The van der Waals surface area contributed by atoms with Crippen LogP contribution in [0.5, 0.6) is 0 Å². The van der Waals surface area contributed by atoms with Crippen LogP contribution in [0.3, 0.4) is 0 Å². The SMILES string of the molecule is CCCNC(c1cc(C)cc(Br)c1)c1ccnn1CC. The maximum Gasteiger partial charge on any atom is 0.0748 e. The number of aryl methyl sites for hydroxylation is 2. The third-order valence-electron chi connectivity index (χ3n) is 3.34. The van der Waals surface area contributed by atoms with E-state index in [4.69, 9.17) is 0 Å². The molecule has 1 heterocycles. The monoisotopic (exact) mass is 335 g/mol. The first kappa shape index (κ1) is 15.3. The van der Waals surface area contributed by atoms with Crippen LogP contribution in [0.4, 0.5) is 0 Å². The molecule has 0 saturated carbocycles. The van der Waals surface area contributed by atoms with E-state index >= 15 is 0 Å². The number of aromatic nitrogens is 2. The normalized spacial score (nSPS) is 12.6. The third-order valence-corrected chi connectivity index (χ3v) is 3.80. The van der Waals surface area contributed by atoms with Crippen molar-refractivity contribution in [1.82, 2.24) is 15.1 Å². The van der Waals surface area contributed by atoms with E-state index in [-0.39, 0.29) is 6.04 Å². The van der Waals surface area contributed by atoms with Gasteiger partial charge in [0, 0.05) is 17.2 Å². The van der Waals surface area contributed by atoms with E-state index in [9.17, 15) is 0 Å². The molecule has 4 heteroatoms. The van der Waals surface area contributed by atoms with Gasteiger partial charge in [-0.2, -0.15) is 5.10 Å². The van der Waals surface area contributed by atoms with E-state index in [2.05, 4.69) is 76.1 Å². The average molecular weight is 336 g/mol. The van der Waals surface area contributed by atoms with Crippen LogP contribution in [0.1, 0.15) is 43.1 Å². The minimum Gasteiger partial charge on any atom is -0.305 e. The third kappa shape index (κ3) is 3.49. The van der Waals surface area contributed by atoms with Crippen molar-refractivity contribution >= 4 is 15.9 Å². The highest BCUT2D eigenvalue weighted by molar-refractivity contribution is 9.10. The molecule has 2 rings (SSSR count). The molecule has 1 unspecified atom stereocenters. The summed E-state index contributed by atoms with van der Waals surface area (Å²) < 4.78 is 3.18. The molecule has 0 spiro atoms. The molecule has 1 N–H and O–H groups in total. The summed E-state index contributed by atoms with van der Waals surface area (Å²) in [6.45, 7) is 8.32. The van der Waals surface area contributed by atoms with Crippen molar-refractivity contribution in [2.75, 3.05) is 6.54 Å². The highest BCUT2D eigenvalue weighted by atomic mass is 79.9. The van der Waals surface area contributed by atoms with Gasteiger partial charge in [-0.1, -0.05) is 28.9 Å². The lowest BCUT2D eigenvalue weighted by atomic mass is 10.0. The first-order valence-corrected chi connectivity index (χ1v) is 7.97. The molecule has 0 aliphatic carbocycles. The minimum absolute atomic E-state index is 0.189. The predicted molar refractivity (Wildman–Crippen MR) is 86.9 cm³/mol. The van der Waals surface area contributed by atoms with Gasteiger partial charge in [0.05, 0.1) is 11.7 Å². The molecule has 0 bridgehead atoms. The quantitative estimate of drug-likeness (QED) is 0.862. The van der Waals surface area contributed by atoms with Gasteiger partial charge in [-0.05, 0) is 56.1 Å². The smallest absolute Gasteiger partial charge is 0.0748 e. The molecule has 0 amide bonds. The van der Waals surface area contributed by atoms with Crippen molar-refractivity contribution in [2.24, 2.45) is 0 Å². The van der Waals surface area contributed by atoms with Crippen LogP contribution in [0.15, 0.2) is 34.9 Å². The molecule has 3 nitrogen and oxygen atoms in total. The molecule has 0 saturated heterocycles. The zero-order chi connectivity index (χ0) is 14.5. The Hall–Kier alpha value is -1.13. The lowest BCUT2D eigenvalue weighted by Crippen LogP contribution is -2.25. The Morgan fingerprint density at radius 2 is 2.10 bits per heavy atom. The van der Waals surface area contributed by atoms with Gasteiger partial charge in [-0.15, -0.1) is 0 Å². The Morgan fingerprint density at radius 1 is 1.30 bits per heavy atom. The Morgan fingerprint density at radius 3 is 2.75 bits per heavy atom. The summed E-state index contributed by atoms with van der Waals surface area (Å²) in [5.41, 5.74) is 3.76. The predicted octanol–water partition coefficient (Wildman–Crippen LogP) is 4.06. The number of benzene rings is 1. The summed E-state index contributed by atoms with van der Waals surface area (Å²) in [6, 6.07) is 8.86. The van der Waals surface area contributed by atoms with Crippen molar-refractivity contribution in [3.63, 3.8) is 0 Å². The molecule has 1 aromatic carbocycles. The molecule has 0 fully saturated rings. The van der Waals surface area contributed by atoms with Crippen LogP contribution in [0.25, 0.3) is 0 Å². The number of halogens is 1. The first-order valence-electron chi connectivity index (χ1n) is 7.17. The second kappa shape index (κ2) is 7.04. The summed E-state index contributed by atoms with van der Waals surface area (Å²) in [5, 5.41) is 8.03. The maximum absolute atomic E-state index is 4.40. The van der Waals surface area contributed by atoms with Crippen LogP contribution in [0, 0.1) is 6.92 Å². The van der Waals surface area contributed by atoms with Crippen molar-refractivity contribution in [3.05, 3.63) is 51.8 Å². The van der Waals surface area contributed by atoms with Gasteiger partial charge in [0.1, 0.15) is 0 Å². The molecule has 1 atom stereocenters. The van der Waals surface area contributed by atoms with E-state index in [1.54, 1.807) is 0 Å². The topological polar surface area (TPSA) is 29.9 Å². The highest BCUT2D eigenvalue weighted by Crippen LogP contribution is 2.26. The highest BCUT2D eigenvalue weighted by Gasteiger charge is 2.17. The molecular weight excluding hydrogens is 314 g/mol. The van der Waals surface area contributed by atoms with Crippen molar-refractivity contribution in [1.29, 1.82) is 0 Å². The summed E-state index contributed by atoms with van der Waals surface area (Å²) >= 11 is 3.60. The number of hydrogen-bond acceptors (Lipinski definition) is 2. The van der Waals surface area contributed by atoms with Gasteiger partial charge in [-0.25, -0.2) is 0 Å². The fourth-order valence-electron chi connectivity index (χ4n) is 2.47. The number of hydrogen-bond donors (Lipinski definition) is 1. The van der Waals surface area contributed by atoms with E-state index in [0.29, 0.717) is 0 Å². The molecule has 1 aromatic heterocycles. The van der Waals surface area contributed by atoms with Crippen LogP contribution in [-0.4, -0.2) is 16.3 Å². The minimum atomic E-state index is 0.189. The summed E-state index contributed by atoms with van der Waals surface area (Å²) in [4.78, 5) is 0. The number of nitrogens with zero attached hydrogens (tertiary/aromatic N) is 2. The standard InChI is InChI=1S/C16H22BrN3/c1-4-7-18-16(15-6-8-19-20(15)5-2)13-9-12(3)10-14(17)11-13/h6,8-11,16,18H,4-5,7H2,1-3H3. The zero-order valence-electron chi connectivity index (χ0n) is 12.4. The van der Waals surface area contributed by atoms with Crippen molar-refractivity contribution < 1.29 is 0 Å². The van der Waals surface area contributed by atoms with Gasteiger partial charge in [-0.3, -0.25) is 4.68 Å². The Balaban J connectivity index is 2.41.